The van der Waals surface area contributed by atoms with Gasteiger partial charge >= 0.3 is 6.03 Å². The molecule has 0 spiro atoms. The largest absolute Gasteiger partial charge is 0.464 e. The second kappa shape index (κ2) is 7.14. The zero-order valence-corrected chi connectivity index (χ0v) is 14.2. The van der Waals surface area contributed by atoms with Crippen LogP contribution in [0.5, 0.6) is 0 Å². The maximum Gasteiger partial charge on any atom is 0.324 e. The standard InChI is InChI=1S/C16H21N3O3S/c1-11-3-6-13(22-11)9-19(7-8-21-2)16(20)18-15-17-14(10-23-15)12-4-5-12/h3,6,10,12H,4-5,7-9H2,1-2H3,(H,17,18,20). The van der Waals surface area contributed by atoms with Crippen molar-refractivity contribution in [3.05, 3.63) is 34.7 Å². The molecule has 0 aliphatic heterocycles. The molecule has 1 N–H and O–H groups in total. The third kappa shape index (κ3) is 4.33. The highest BCUT2D eigenvalue weighted by atomic mass is 32.1. The first-order chi connectivity index (χ1) is 11.2. The lowest BCUT2D eigenvalue weighted by Crippen LogP contribution is -2.36. The van der Waals surface area contributed by atoms with Gasteiger partial charge in [0.2, 0.25) is 0 Å². The van der Waals surface area contributed by atoms with Gasteiger partial charge in [-0.1, -0.05) is 0 Å². The molecule has 0 saturated heterocycles. The van der Waals surface area contributed by atoms with Gasteiger partial charge in [-0.2, -0.15) is 0 Å². The van der Waals surface area contributed by atoms with E-state index in [0.717, 1.165) is 17.2 Å². The maximum absolute atomic E-state index is 12.5. The van der Waals surface area contributed by atoms with Crippen LogP contribution < -0.4 is 5.32 Å². The van der Waals surface area contributed by atoms with Crippen molar-refractivity contribution < 1.29 is 13.9 Å². The van der Waals surface area contributed by atoms with Gasteiger partial charge in [-0.15, -0.1) is 11.3 Å². The van der Waals surface area contributed by atoms with Crippen LogP contribution in [0.2, 0.25) is 0 Å². The number of nitrogens with zero attached hydrogens (tertiary/aromatic N) is 2. The van der Waals surface area contributed by atoms with E-state index < -0.39 is 0 Å². The average Bonchev–Trinajstić information content (AvgIpc) is 3.15. The van der Waals surface area contributed by atoms with E-state index >= 15 is 0 Å². The third-order valence-electron chi connectivity index (χ3n) is 3.73. The second-order valence-corrected chi connectivity index (χ2v) is 6.57. The molecular formula is C16H21N3O3S. The number of rotatable bonds is 7. The Morgan fingerprint density at radius 3 is 3.00 bits per heavy atom. The summed E-state index contributed by atoms with van der Waals surface area (Å²) in [5, 5.41) is 5.56. The van der Waals surface area contributed by atoms with Crippen LogP contribution in [-0.4, -0.2) is 36.2 Å². The van der Waals surface area contributed by atoms with Crippen molar-refractivity contribution in [2.24, 2.45) is 0 Å². The van der Waals surface area contributed by atoms with Gasteiger partial charge in [0.1, 0.15) is 11.5 Å². The molecule has 1 aliphatic carbocycles. The smallest absolute Gasteiger partial charge is 0.324 e. The summed E-state index contributed by atoms with van der Waals surface area (Å²) in [5.41, 5.74) is 1.09. The SMILES string of the molecule is COCCN(Cc1ccc(C)o1)C(=O)Nc1nc(C2CC2)cs1. The highest BCUT2D eigenvalue weighted by molar-refractivity contribution is 7.13. The molecule has 124 valence electrons. The zero-order chi connectivity index (χ0) is 16.2. The number of amides is 2. The summed E-state index contributed by atoms with van der Waals surface area (Å²) in [4.78, 5) is 18.7. The summed E-state index contributed by atoms with van der Waals surface area (Å²) in [6, 6.07) is 3.59. The van der Waals surface area contributed by atoms with Gasteiger partial charge in [-0.05, 0) is 31.9 Å². The lowest BCUT2D eigenvalue weighted by Gasteiger charge is -2.21. The maximum atomic E-state index is 12.5. The zero-order valence-electron chi connectivity index (χ0n) is 13.4. The third-order valence-corrected chi connectivity index (χ3v) is 4.50. The quantitative estimate of drug-likeness (QED) is 0.839. The van der Waals surface area contributed by atoms with Crippen LogP contribution in [0.3, 0.4) is 0 Å². The van der Waals surface area contributed by atoms with E-state index in [4.69, 9.17) is 9.15 Å². The summed E-state index contributed by atoms with van der Waals surface area (Å²) < 4.78 is 10.7. The Hall–Kier alpha value is -1.86. The first kappa shape index (κ1) is 16.0. The molecule has 7 heteroatoms. The van der Waals surface area contributed by atoms with E-state index in [1.54, 1.807) is 12.0 Å². The summed E-state index contributed by atoms with van der Waals surface area (Å²) in [6.45, 7) is 3.25. The minimum atomic E-state index is -0.187. The monoisotopic (exact) mass is 335 g/mol. The average molecular weight is 335 g/mol. The molecule has 0 aromatic carbocycles. The van der Waals surface area contributed by atoms with Crippen LogP contribution in [0.1, 0.15) is 36.0 Å². The molecule has 0 bridgehead atoms. The van der Waals surface area contributed by atoms with Gasteiger partial charge in [0.15, 0.2) is 5.13 Å². The van der Waals surface area contributed by atoms with Gasteiger partial charge in [-0.25, -0.2) is 9.78 Å². The highest BCUT2D eigenvalue weighted by Crippen LogP contribution is 2.40. The van der Waals surface area contributed by atoms with Crippen molar-refractivity contribution >= 4 is 22.5 Å². The number of thiazole rings is 1. The summed E-state index contributed by atoms with van der Waals surface area (Å²) in [7, 11) is 1.62. The molecule has 2 amide bonds. The molecule has 2 heterocycles. The molecular weight excluding hydrogens is 314 g/mol. The Morgan fingerprint density at radius 2 is 2.35 bits per heavy atom. The Morgan fingerprint density at radius 1 is 1.52 bits per heavy atom. The van der Waals surface area contributed by atoms with Gasteiger partial charge in [-0.3, -0.25) is 5.32 Å². The molecule has 2 aromatic rings. The number of anilines is 1. The molecule has 1 saturated carbocycles. The predicted molar refractivity (Wildman–Crippen MR) is 88.8 cm³/mol. The Balaban J connectivity index is 1.63. The summed E-state index contributed by atoms with van der Waals surface area (Å²) in [5.74, 6) is 2.18. The lowest BCUT2D eigenvalue weighted by molar-refractivity contribution is 0.149. The number of ether oxygens (including phenoxy) is 1. The van der Waals surface area contributed by atoms with Crippen LogP contribution in [0.15, 0.2) is 21.9 Å². The second-order valence-electron chi connectivity index (χ2n) is 5.71. The molecule has 1 fully saturated rings. The van der Waals surface area contributed by atoms with Crippen LogP contribution >= 0.6 is 11.3 Å². The predicted octanol–water partition coefficient (Wildman–Crippen LogP) is 3.60. The molecule has 6 nitrogen and oxygen atoms in total. The topological polar surface area (TPSA) is 67.6 Å². The van der Waals surface area contributed by atoms with Crippen LogP contribution in [0.25, 0.3) is 0 Å². The fraction of sp³-hybridized carbons (Fsp3) is 0.500. The number of carbonyl (C=O) groups is 1. The molecule has 23 heavy (non-hydrogen) atoms. The molecule has 1 aliphatic rings. The van der Waals surface area contributed by atoms with E-state index in [0.29, 0.717) is 30.7 Å². The van der Waals surface area contributed by atoms with Crippen LogP contribution in [0.4, 0.5) is 9.93 Å². The summed E-state index contributed by atoms with van der Waals surface area (Å²) >= 11 is 1.47. The van der Waals surface area contributed by atoms with E-state index in [9.17, 15) is 4.79 Å². The van der Waals surface area contributed by atoms with Crippen molar-refractivity contribution in [3.8, 4) is 0 Å². The van der Waals surface area contributed by atoms with E-state index in [1.165, 1.54) is 24.2 Å². The number of hydrogen-bond acceptors (Lipinski definition) is 5. The van der Waals surface area contributed by atoms with Crippen LogP contribution in [0, 0.1) is 6.92 Å². The number of carbonyl (C=O) groups excluding carboxylic acids is 1. The van der Waals surface area contributed by atoms with E-state index in [-0.39, 0.29) is 6.03 Å². The van der Waals surface area contributed by atoms with Gasteiger partial charge < -0.3 is 14.1 Å². The first-order valence-corrected chi connectivity index (χ1v) is 8.59. The number of furan rings is 1. The van der Waals surface area contributed by atoms with Crippen molar-refractivity contribution in [1.82, 2.24) is 9.88 Å². The number of hydrogen-bond donors (Lipinski definition) is 1. The number of aryl methyl sites for hydroxylation is 1. The van der Waals surface area contributed by atoms with Crippen molar-refractivity contribution in [3.63, 3.8) is 0 Å². The van der Waals surface area contributed by atoms with E-state index in [2.05, 4.69) is 10.3 Å². The van der Waals surface area contributed by atoms with Crippen molar-refractivity contribution in [1.29, 1.82) is 0 Å². The van der Waals surface area contributed by atoms with Gasteiger partial charge in [0.25, 0.3) is 0 Å². The highest BCUT2D eigenvalue weighted by Gasteiger charge is 2.26. The van der Waals surface area contributed by atoms with Crippen molar-refractivity contribution in [2.45, 2.75) is 32.2 Å². The number of aromatic nitrogens is 1. The minimum Gasteiger partial charge on any atom is -0.464 e. The Bertz CT molecular complexity index is 663. The number of urea groups is 1. The van der Waals surface area contributed by atoms with Gasteiger partial charge in [0, 0.05) is 25.0 Å². The molecule has 2 aromatic heterocycles. The van der Waals surface area contributed by atoms with E-state index in [1.807, 2.05) is 24.4 Å². The molecule has 0 radical (unpaired) electrons. The fourth-order valence-corrected chi connectivity index (χ4v) is 3.07. The van der Waals surface area contributed by atoms with Crippen LogP contribution in [-0.2, 0) is 11.3 Å². The summed E-state index contributed by atoms with van der Waals surface area (Å²) in [6.07, 6.45) is 2.41. The Kier molecular flexibility index (Phi) is 4.97. The lowest BCUT2D eigenvalue weighted by atomic mass is 10.3. The molecule has 0 atom stereocenters. The number of methoxy groups -OCH3 is 1. The van der Waals surface area contributed by atoms with Gasteiger partial charge in [0.05, 0.1) is 18.8 Å². The minimum absolute atomic E-state index is 0.187. The normalized spacial score (nSPS) is 14.0. The Labute approximate surface area is 139 Å². The van der Waals surface area contributed by atoms with Crippen molar-refractivity contribution in [2.75, 3.05) is 25.6 Å². The first-order valence-electron chi connectivity index (χ1n) is 7.71. The fourth-order valence-electron chi connectivity index (χ4n) is 2.29. The molecule has 3 rings (SSSR count). The molecule has 0 unspecified atom stereocenters. The number of nitrogens with one attached hydrogen (secondary N) is 1.